The molecule has 4 aromatic rings. The van der Waals surface area contributed by atoms with Gasteiger partial charge in [-0.15, -0.1) is 0 Å². The van der Waals surface area contributed by atoms with Crippen molar-refractivity contribution in [3.8, 4) is 11.4 Å². The van der Waals surface area contributed by atoms with E-state index in [-0.39, 0.29) is 0 Å². The van der Waals surface area contributed by atoms with Crippen LogP contribution in [0.25, 0.3) is 11.4 Å². The summed E-state index contributed by atoms with van der Waals surface area (Å²) in [5.41, 5.74) is 3.19. The summed E-state index contributed by atoms with van der Waals surface area (Å²) in [5.74, 6) is 2.36. The predicted molar refractivity (Wildman–Crippen MR) is 135 cm³/mol. The average molecular weight is 504 g/mol. The Morgan fingerprint density at radius 1 is 0.710 bits per heavy atom. The fourth-order valence-corrected chi connectivity index (χ4v) is 5.22. The molecular formula is C24H17Cl3N2S2. The number of rotatable bonds is 7. The van der Waals surface area contributed by atoms with Crippen LogP contribution in [0.5, 0.6) is 0 Å². The molecule has 2 nitrogen and oxygen atoms in total. The lowest BCUT2D eigenvalue weighted by Crippen LogP contribution is -1.97. The Morgan fingerprint density at radius 3 is 2.19 bits per heavy atom. The smallest absolute Gasteiger partial charge is 0.160 e. The highest BCUT2D eigenvalue weighted by Crippen LogP contribution is 2.35. The lowest BCUT2D eigenvalue weighted by Gasteiger charge is -2.09. The van der Waals surface area contributed by atoms with Crippen molar-refractivity contribution >= 4 is 58.3 Å². The molecule has 3 aromatic carbocycles. The maximum absolute atomic E-state index is 6.38. The highest BCUT2D eigenvalue weighted by atomic mass is 35.5. The zero-order valence-electron chi connectivity index (χ0n) is 16.3. The molecule has 0 atom stereocenters. The SMILES string of the molecule is Clc1ccc(CSCc2cc(Sc3ccc(Cl)cc3Cl)nc(-c3ccccc3)n2)cc1. The first-order valence-corrected chi connectivity index (χ1v) is 12.6. The van der Waals surface area contributed by atoms with E-state index in [0.29, 0.717) is 15.9 Å². The first kappa shape index (κ1) is 22.5. The molecule has 7 heteroatoms. The van der Waals surface area contributed by atoms with Crippen molar-refractivity contribution in [3.05, 3.63) is 105 Å². The molecule has 0 amide bonds. The molecular weight excluding hydrogens is 487 g/mol. The van der Waals surface area contributed by atoms with Crippen LogP contribution in [-0.4, -0.2) is 9.97 Å². The van der Waals surface area contributed by atoms with Crippen molar-refractivity contribution in [2.24, 2.45) is 0 Å². The van der Waals surface area contributed by atoms with Crippen LogP contribution in [0, 0.1) is 0 Å². The largest absolute Gasteiger partial charge is 0.232 e. The van der Waals surface area contributed by atoms with E-state index in [4.69, 9.17) is 44.8 Å². The summed E-state index contributed by atoms with van der Waals surface area (Å²) in [6.45, 7) is 0. The third kappa shape index (κ3) is 6.41. The zero-order valence-corrected chi connectivity index (χ0v) is 20.2. The Labute approximate surface area is 205 Å². The lowest BCUT2D eigenvalue weighted by molar-refractivity contribution is 1.01. The second kappa shape index (κ2) is 10.8. The van der Waals surface area contributed by atoms with Crippen LogP contribution in [0.2, 0.25) is 15.1 Å². The van der Waals surface area contributed by atoms with Crippen LogP contribution < -0.4 is 0 Å². The van der Waals surface area contributed by atoms with Crippen molar-refractivity contribution in [2.75, 3.05) is 0 Å². The molecule has 0 N–H and O–H groups in total. The van der Waals surface area contributed by atoms with Gasteiger partial charge in [0.2, 0.25) is 0 Å². The fraction of sp³-hybridized carbons (Fsp3) is 0.0833. The Balaban J connectivity index is 1.57. The van der Waals surface area contributed by atoms with Gasteiger partial charge in [-0.3, -0.25) is 0 Å². The Bertz CT molecular complexity index is 1170. The first-order valence-electron chi connectivity index (χ1n) is 9.45. The van der Waals surface area contributed by atoms with Gasteiger partial charge in [0, 0.05) is 32.0 Å². The molecule has 1 heterocycles. The van der Waals surface area contributed by atoms with Crippen molar-refractivity contribution < 1.29 is 0 Å². The predicted octanol–water partition coefficient (Wildman–Crippen LogP) is 8.69. The van der Waals surface area contributed by atoms with E-state index in [0.717, 1.165) is 37.7 Å². The summed E-state index contributed by atoms with van der Waals surface area (Å²) in [6.07, 6.45) is 0. The third-order valence-electron chi connectivity index (χ3n) is 4.33. The van der Waals surface area contributed by atoms with E-state index < -0.39 is 0 Å². The monoisotopic (exact) mass is 502 g/mol. The standard InChI is InChI=1S/C24H17Cl3N2S2/c25-18-8-6-16(7-9-18)14-30-15-20-13-23(31-22-11-10-19(26)12-21(22)27)29-24(28-20)17-4-2-1-3-5-17/h1-13H,14-15H2. The molecule has 0 saturated carbocycles. The van der Waals surface area contributed by atoms with E-state index in [1.54, 1.807) is 17.8 Å². The van der Waals surface area contributed by atoms with Gasteiger partial charge in [-0.05, 0) is 42.0 Å². The molecule has 0 aliphatic carbocycles. The summed E-state index contributed by atoms with van der Waals surface area (Å²) in [5, 5.41) is 2.82. The molecule has 31 heavy (non-hydrogen) atoms. The highest BCUT2D eigenvalue weighted by Gasteiger charge is 2.11. The van der Waals surface area contributed by atoms with E-state index in [1.165, 1.54) is 17.3 Å². The lowest BCUT2D eigenvalue weighted by atomic mass is 10.2. The second-order valence-electron chi connectivity index (χ2n) is 6.68. The zero-order chi connectivity index (χ0) is 21.6. The normalized spacial score (nSPS) is 10.9. The molecule has 0 fully saturated rings. The summed E-state index contributed by atoms with van der Waals surface area (Å²) < 4.78 is 0. The van der Waals surface area contributed by atoms with E-state index in [1.807, 2.05) is 60.7 Å². The number of aromatic nitrogens is 2. The molecule has 0 radical (unpaired) electrons. The molecule has 0 saturated heterocycles. The van der Waals surface area contributed by atoms with Crippen molar-refractivity contribution in [2.45, 2.75) is 21.4 Å². The minimum atomic E-state index is 0.607. The molecule has 0 bridgehead atoms. The van der Waals surface area contributed by atoms with Crippen LogP contribution >= 0.6 is 58.3 Å². The molecule has 0 unspecified atom stereocenters. The summed E-state index contributed by atoms with van der Waals surface area (Å²) in [4.78, 5) is 10.5. The average Bonchev–Trinajstić information content (AvgIpc) is 2.78. The molecule has 0 aliphatic heterocycles. The summed E-state index contributed by atoms with van der Waals surface area (Å²) in [7, 11) is 0. The van der Waals surface area contributed by atoms with Gasteiger partial charge in [0.15, 0.2) is 5.82 Å². The van der Waals surface area contributed by atoms with Gasteiger partial charge in [-0.1, -0.05) is 89.0 Å². The molecule has 156 valence electrons. The number of nitrogens with zero attached hydrogens (tertiary/aromatic N) is 2. The van der Waals surface area contributed by atoms with Crippen LogP contribution in [-0.2, 0) is 11.5 Å². The van der Waals surface area contributed by atoms with Gasteiger partial charge in [0.25, 0.3) is 0 Å². The number of benzene rings is 3. The Hall–Kier alpha value is -1.69. The summed E-state index contributed by atoms with van der Waals surface area (Å²) >= 11 is 21.7. The molecule has 4 rings (SSSR count). The van der Waals surface area contributed by atoms with E-state index in [9.17, 15) is 0 Å². The number of halogens is 3. The van der Waals surface area contributed by atoms with Gasteiger partial charge in [-0.2, -0.15) is 11.8 Å². The maximum Gasteiger partial charge on any atom is 0.160 e. The minimum Gasteiger partial charge on any atom is -0.232 e. The van der Waals surface area contributed by atoms with Crippen molar-refractivity contribution in [1.82, 2.24) is 9.97 Å². The van der Waals surface area contributed by atoms with Crippen LogP contribution in [0.1, 0.15) is 11.3 Å². The maximum atomic E-state index is 6.38. The minimum absolute atomic E-state index is 0.607. The topological polar surface area (TPSA) is 25.8 Å². The highest BCUT2D eigenvalue weighted by molar-refractivity contribution is 7.99. The van der Waals surface area contributed by atoms with Gasteiger partial charge in [-0.25, -0.2) is 9.97 Å². The van der Waals surface area contributed by atoms with Crippen LogP contribution in [0.15, 0.2) is 88.8 Å². The molecule has 0 aliphatic rings. The summed E-state index contributed by atoms with van der Waals surface area (Å²) in [6, 6.07) is 25.4. The molecule has 1 aromatic heterocycles. The van der Waals surface area contributed by atoms with Gasteiger partial charge in [0.1, 0.15) is 5.03 Å². The number of hydrogen-bond acceptors (Lipinski definition) is 4. The van der Waals surface area contributed by atoms with Crippen molar-refractivity contribution in [3.63, 3.8) is 0 Å². The number of thioether (sulfide) groups is 1. The van der Waals surface area contributed by atoms with E-state index in [2.05, 4.69) is 12.1 Å². The van der Waals surface area contributed by atoms with E-state index >= 15 is 0 Å². The van der Waals surface area contributed by atoms with Crippen LogP contribution in [0.3, 0.4) is 0 Å². The fourth-order valence-electron chi connectivity index (χ4n) is 2.84. The molecule has 0 spiro atoms. The third-order valence-corrected chi connectivity index (χ3v) is 7.27. The van der Waals surface area contributed by atoms with Crippen LogP contribution in [0.4, 0.5) is 0 Å². The van der Waals surface area contributed by atoms with Gasteiger partial charge < -0.3 is 0 Å². The van der Waals surface area contributed by atoms with Gasteiger partial charge >= 0.3 is 0 Å². The second-order valence-corrected chi connectivity index (χ2v) is 10.0. The van der Waals surface area contributed by atoms with Gasteiger partial charge in [0.05, 0.1) is 10.7 Å². The quantitative estimate of drug-likeness (QED) is 0.236. The Morgan fingerprint density at radius 2 is 1.45 bits per heavy atom. The Kier molecular flexibility index (Phi) is 7.81. The number of hydrogen-bond donors (Lipinski definition) is 0. The first-order chi connectivity index (χ1) is 15.1. The van der Waals surface area contributed by atoms with Crippen molar-refractivity contribution in [1.29, 1.82) is 0 Å².